The highest BCUT2D eigenvalue weighted by atomic mass is 19.4. The van der Waals surface area contributed by atoms with E-state index in [4.69, 9.17) is 4.74 Å². The van der Waals surface area contributed by atoms with E-state index in [1.165, 1.54) is 0 Å². The van der Waals surface area contributed by atoms with Crippen LogP contribution in [0, 0.1) is 5.92 Å². The van der Waals surface area contributed by atoms with Gasteiger partial charge in [0, 0.05) is 13.2 Å². The van der Waals surface area contributed by atoms with Gasteiger partial charge in [-0.05, 0) is 25.2 Å². The van der Waals surface area contributed by atoms with Crippen LogP contribution in [-0.2, 0) is 9.47 Å². The third kappa shape index (κ3) is 5.96. The van der Waals surface area contributed by atoms with Crippen LogP contribution in [0.4, 0.5) is 13.2 Å². The summed E-state index contributed by atoms with van der Waals surface area (Å²) in [6.45, 7) is 0.565. The number of halogens is 3. The Labute approximate surface area is 86.2 Å². The van der Waals surface area contributed by atoms with Crippen molar-refractivity contribution in [2.75, 3.05) is 19.8 Å². The Balaban J connectivity index is 2.14. The second-order valence-corrected chi connectivity index (χ2v) is 3.70. The van der Waals surface area contributed by atoms with Gasteiger partial charge in [-0.1, -0.05) is 0 Å². The minimum Gasteiger partial charge on any atom is -0.391 e. The van der Waals surface area contributed by atoms with Gasteiger partial charge in [-0.15, -0.1) is 13.2 Å². The van der Waals surface area contributed by atoms with Crippen molar-refractivity contribution in [1.82, 2.24) is 0 Å². The van der Waals surface area contributed by atoms with Crippen molar-refractivity contribution in [3.05, 3.63) is 0 Å². The first-order valence-corrected chi connectivity index (χ1v) is 4.94. The van der Waals surface area contributed by atoms with Crippen molar-refractivity contribution in [1.29, 1.82) is 0 Å². The number of hydrogen-bond acceptors (Lipinski definition) is 3. The largest absolute Gasteiger partial charge is 0.522 e. The molecule has 0 aromatic rings. The molecule has 0 aliphatic carbocycles. The molecule has 0 spiro atoms. The molecule has 1 heterocycles. The van der Waals surface area contributed by atoms with Crippen LogP contribution in [0.3, 0.4) is 0 Å². The maximum absolute atomic E-state index is 11.6. The topological polar surface area (TPSA) is 38.7 Å². The SMILES string of the molecule is OC(COC(F)(F)F)CC1CCOCC1. The summed E-state index contributed by atoms with van der Waals surface area (Å²) in [5.74, 6) is 0.241. The molecule has 0 bridgehead atoms. The lowest BCUT2D eigenvalue weighted by atomic mass is 9.94. The van der Waals surface area contributed by atoms with E-state index in [9.17, 15) is 18.3 Å². The van der Waals surface area contributed by atoms with Crippen LogP contribution in [0.25, 0.3) is 0 Å². The molecule has 1 atom stereocenters. The monoisotopic (exact) mass is 228 g/mol. The fraction of sp³-hybridized carbons (Fsp3) is 1.00. The first kappa shape index (κ1) is 12.7. The predicted molar refractivity (Wildman–Crippen MR) is 46.2 cm³/mol. The van der Waals surface area contributed by atoms with Crippen LogP contribution >= 0.6 is 0 Å². The first-order chi connectivity index (χ1) is 6.97. The fourth-order valence-electron chi connectivity index (χ4n) is 1.63. The zero-order valence-electron chi connectivity index (χ0n) is 8.29. The van der Waals surface area contributed by atoms with E-state index in [-0.39, 0.29) is 5.92 Å². The molecule has 1 fully saturated rings. The molecule has 90 valence electrons. The predicted octanol–water partition coefficient (Wildman–Crippen LogP) is 1.70. The van der Waals surface area contributed by atoms with E-state index in [1.807, 2.05) is 0 Å². The molecule has 1 aliphatic heterocycles. The van der Waals surface area contributed by atoms with Crippen LogP contribution in [0.2, 0.25) is 0 Å². The quantitative estimate of drug-likeness (QED) is 0.796. The van der Waals surface area contributed by atoms with Crippen molar-refractivity contribution in [2.24, 2.45) is 5.92 Å². The van der Waals surface area contributed by atoms with Gasteiger partial charge in [-0.3, -0.25) is 4.74 Å². The Bertz CT molecular complexity index is 178. The molecule has 6 heteroatoms. The van der Waals surface area contributed by atoms with Crippen molar-refractivity contribution in [3.63, 3.8) is 0 Å². The minimum absolute atomic E-state index is 0.241. The van der Waals surface area contributed by atoms with Crippen molar-refractivity contribution in [2.45, 2.75) is 31.7 Å². The normalized spacial score (nSPS) is 21.6. The molecule has 1 unspecified atom stereocenters. The zero-order chi connectivity index (χ0) is 11.3. The molecule has 0 aromatic carbocycles. The van der Waals surface area contributed by atoms with Gasteiger partial charge in [0.25, 0.3) is 0 Å². The summed E-state index contributed by atoms with van der Waals surface area (Å²) in [6, 6.07) is 0. The van der Waals surface area contributed by atoms with Gasteiger partial charge in [-0.2, -0.15) is 0 Å². The number of alkyl halides is 3. The molecule has 0 amide bonds. The Kier molecular flexibility index (Phi) is 4.82. The molecule has 15 heavy (non-hydrogen) atoms. The van der Waals surface area contributed by atoms with E-state index >= 15 is 0 Å². The number of rotatable bonds is 4. The Morgan fingerprint density at radius 2 is 1.93 bits per heavy atom. The second kappa shape index (κ2) is 5.67. The molecule has 0 aromatic heterocycles. The maximum atomic E-state index is 11.6. The Morgan fingerprint density at radius 1 is 1.33 bits per heavy atom. The van der Waals surface area contributed by atoms with Crippen LogP contribution in [0.5, 0.6) is 0 Å². The summed E-state index contributed by atoms with van der Waals surface area (Å²) in [5.41, 5.74) is 0. The van der Waals surface area contributed by atoms with Crippen LogP contribution in [-0.4, -0.2) is 37.4 Å². The second-order valence-electron chi connectivity index (χ2n) is 3.70. The van der Waals surface area contributed by atoms with E-state index in [1.54, 1.807) is 0 Å². The highest BCUT2D eigenvalue weighted by Crippen LogP contribution is 2.22. The summed E-state index contributed by atoms with van der Waals surface area (Å²) in [6.07, 6.45) is -3.77. The van der Waals surface area contributed by atoms with E-state index in [0.29, 0.717) is 19.6 Å². The molecule has 1 rings (SSSR count). The molecule has 0 radical (unpaired) electrons. The van der Waals surface area contributed by atoms with Gasteiger partial charge in [-0.25, -0.2) is 0 Å². The summed E-state index contributed by atoms with van der Waals surface area (Å²) in [7, 11) is 0. The molecule has 1 saturated heterocycles. The molecule has 1 N–H and O–H groups in total. The van der Waals surface area contributed by atoms with Gasteiger partial charge in [0.2, 0.25) is 0 Å². The fourth-order valence-corrected chi connectivity index (χ4v) is 1.63. The standard InChI is InChI=1S/C9H15F3O3/c10-9(11,12)15-6-8(13)5-7-1-3-14-4-2-7/h7-8,13H,1-6H2. The summed E-state index contributed by atoms with van der Waals surface area (Å²) >= 11 is 0. The highest BCUT2D eigenvalue weighted by Gasteiger charge is 2.30. The van der Waals surface area contributed by atoms with Crippen molar-refractivity contribution < 1.29 is 27.8 Å². The van der Waals surface area contributed by atoms with E-state index in [0.717, 1.165) is 12.8 Å². The lowest BCUT2D eigenvalue weighted by molar-refractivity contribution is -0.331. The number of aliphatic hydroxyl groups is 1. The summed E-state index contributed by atoms with van der Waals surface area (Å²) in [4.78, 5) is 0. The first-order valence-electron chi connectivity index (χ1n) is 4.94. The average Bonchev–Trinajstić information content (AvgIpc) is 2.15. The maximum Gasteiger partial charge on any atom is 0.522 e. The minimum atomic E-state index is -4.66. The van der Waals surface area contributed by atoms with Gasteiger partial charge >= 0.3 is 6.36 Å². The zero-order valence-corrected chi connectivity index (χ0v) is 8.29. The van der Waals surface area contributed by atoms with Crippen molar-refractivity contribution >= 4 is 0 Å². The van der Waals surface area contributed by atoms with Gasteiger partial charge in [0.05, 0.1) is 12.7 Å². The van der Waals surface area contributed by atoms with E-state index < -0.39 is 19.1 Å². The molecule has 3 nitrogen and oxygen atoms in total. The lowest BCUT2D eigenvalue weighted by Gasteiger charge is -2.24. The highest BCUT2D eigenvalue weighted by molar-refractivity contribution is 4.68. The number of aliphatic hydroxyl groups excluding tert-OH is 1. The van der Waals surface area contributed by atoms with Crippen LogP contribution in [0.1, 0.15) is 19.3 Å². The van der Waals surface area contributed by atoms with Gasteiger partial charge in [0.1, 0.15) is 0 Å². The summed E-state index contributed by atoms with van der Waals surface area (Å²) in [5, 5.41) is 9.30. The lowest BCUT2D eigenvalue weighted by Crippen LogP contribution is -2.27. The Hall–Kier alpha value is -0.330. The van der Waals surface area contributed by atoms with Gasteiger partial charge < -0.3 is 9.84 Å². The molecular formula is C9H15F3O3. The average molecular weight is 228 g/mol. The molecule has 1 aliphatic rings. The van der Waals surface area contributed by atoms with Gasteiger partial charge in [0.15, 0.2) is 0 Å². The molecular weight excluding hydrogens is 213 g/mol. The number of hydrogen-bond donors (Lipinski definition) is 1. The Morgan fingerprint density at radius 3 is 2.47 bits per heavy atom. The summed E-state index contributed by atoms with van der Waals surface area (Å²) < 4.78 is 43.6. The smallest absolute Gasteiger partial charge is 0.391 e. The third-order valence-corrected chi connectivity index (χ3v) is 2.39. The van der Waals surface area contributed by atoms with E-state index in [2.05, 4.69) is 4.74 Å². The number of ether oxygens (including phenoxy) is 2. The van der Waals surface area contributed by atoms with Crippen LogP contribution < -0.4 is 0 Å². The van der Waals surface area contributed by atoms with Crippen LogP contribution in [0.15, 0.2) is 0 Å². The molecule has 0 saturated carbocycles. The third-order valence-electron chi connectivity index (χ3n) is 2.39. The van der Waals surface area contributed by atoms with Crippen molar-refractivity contribution in [3.8, 4) is 0 Å².